The van der Waals surface area contributed by atoms with Crippen molar-refractivity contribution in [3.8, 4) is 5.69 Å². The lowest BCUT2D eigenvalue weighted by molar-refractivity contribution is -0.384. The van der Waals surface area contributed by atoms with E-state index in [2.05, 4.69) is 26.0 Å². The largest absolute Gasteiger partial charge is 0.460 e. The molecule has 0 amide bonds. The van der Waals surface area contributed by atoms with Gasteiger partial charge in [0.15, 0.2) is 0 Å². The smallest absolute Gasteiger partial charge is 0.376 e. The highest BCUT2D eigenvalue weighted by Gasteiger charge is 2.26. The van der Waals surface area contributed by atoms with Gasteiger partial charge in [-0.25, -0.2) is 14.2 Å². The van der Waals surface area contributed by atoms with Gasteiger partial charge in [0.05, 0.1) is 22.1 Å². The molecule has 1 aromatic heterocycles. The first-order valence-electron chi connectivity index (χ1n) is 6.09. The molecule has 0 bridgehead atoms. The highest BCUT2D eigenvalue weighted by atomic mass is 79.9. The van der Waals surface area contributed by atoms with E-state index in [9.17, 15) is 19.3 Å². The lowest BCUT2D eigenvalue weighted by Crippen LogP contribution is -2.14. The Bertz CT molecular complexity index is 762. The minimum absolute atomic E-state index is 0.00365. The van der Waals surface area contributed by atoms with E-state index in [-0.39, 0.29) is 28.4 Å². The molecule has 2 aromatic rings. The summed E-state index contributed by atoms with van der Waals surface area (Å²) < 4.78 is 19.3. The summed E-state index contributed by atoms with van der Waals surface area (Å²) in [6.45, 7) is 3.24. The van der Waals surface area contributed by atoms with Crippen LogP contribution in [-0.4, -0.2) is 32.3 Å². The number of esters is 1. The summed E-state index contributed by atoms with van der Waals surface area (Å²) in [5.74, 6) is -1.58. The van der Waals surface area contributed by atoms with E-state index in [4.69, 9.17) is 4.74 Å². The molecule has 1 aromatic carbocycles. The van der Waals surface area contributed by atoms with E-state index in [0.717, 1.165) is 16.8 Å². The van der Waals surface area contributed by atoms with Gasteiger partial charge < -0.3 is 4.74 Å². The summed E-state index contributed by atoms with van der Waals surface area (Å²) in [6.07, 6.45) is 0. The Labute approximate surface area is 132 Å². The highest BCUT2D eigenvalue weighted by Crippen LogP contribution is 2.29. The quantitative estimate of drug-likeness (QED) is 0.464. The first kappa shape index (κ1) is 16.0. The summed E-state index contributed by atoms with van der Waals surface area (Å²) in [5.41, 5.74) is -0.641. The number of carbonyl (C=O) groups excluding carboxylic acids is 1. The summed E-state index contributed by atoms with van der Waals surface area (Å²) in [6, 6.07) is 1.90. The van der Waals surface area contributed by atoms with Gasteiger partial charge in [0, 0.05) is 0 Å². The second-order valence-electron chi connectivity index (χ2n) is 4.13. The lowest BCUT2D eigenvalue weighted by Gasteiger charge is -2.07. The number of carbonyl (C=O) groups is 1. The predicted octanol–water partition coefficient (Wildman–Crippen LogP) is 2.56. The van der Waals surface area contributed by atoms with Crippen LogP contribution in [0.15, 0.2) is 16.6 Å². The number of aromatic nitrogens is 3. The van der Waals surface area contributed by atoms with Crippen molar-refractivity contribution in [3.05, 3.63) is 44.2 Å². The van der Waals surface area contributed by atoms with Crippen molar-refractivity contribution >= 4 is 27.6 Å². The Balaban J connectivity index is 2.69. The molecule has 0 aliphatic rings. The average Bonchev–Trinajstić information content (AvgIpc) is 2.83. The number of ether oxygens (including phenoxy) is 1. The molecule has 0 saturated carbocycles. The molecule has 1 heterocycles. The lowest BCUT2D eigenvalue weighted by atomic mass is 10.2. The average molecular weight is 373 g/mol. The summed E-state index contributed by atoms with van der Waals surface area (Å²) in [7, 11) is 0. The van der Waals surface area contributed by atoms with Gasteiger partial charge in [-0.3, -0.25) is 10.1 Å². The predicted molar refractivity (Wildman–Crippen MR) is 76.4 cm³/mol. The van der Waals surface area contributed by atoms with Crippen molar-refractivity contribution in [1.29, 1.82) is 0 Å². The molecule has 22 heavy (non-hydrogen) atoms. The fraction of sp³-hybridized carbons (Fsp3) is 0.250. The first-order valence-corrected chi connectivity index (χ1v) is 6.89. The van der Waals surface area contributed by atoms with Gasteiger partial charge in [0.1, 0.15) is 17.3 Å². The maximum atomic E-state index is 13.5. The number of nitrogens with zero attached hydrogens (tertiary/aromatic N) is 4. The molecule has 0 radical (unpaired) electrons. The van der Waals surface area contributed by atoms with Crippen molar-refractivity contribution in [1.82, 2.24) is 14.8 Å². The van der Waals surface area contributed by atoms with Gasteiger partial charge in [-0.1, -0.05) is 0 Å². The van der Waals surface area contributed by atoms with Gasteiger partial charge in [-0.2, -0.15) is 9.78 Å². The van der Waals surface area contributed by atoms with Crippen molar-refractivity contribution in [2.24, 2.45) is 0 Å². The molecule has 0 aliphatic carbocycles. The molecular formula is C12H10BrFN4O4. The molecule has 0 saturated heterocycles. The van der Waals surface area contributed by atoms with Crippen LogP contribution in [-0.2, 0) is 4.74 Å². The molecular weight excluding hydrogens is 363 g/mol. The van der Waals surface area contributed by atoms with Crippen LogP contribution in [0.1, 0.15) is 23.4 Å². The fourth-order valence-electron chi connectivity index (χ4n) is 1.75. The van der Waals surface area contributed by atoms with Crippen molar-refractivity contribution < 1.29 is 18.8 Å². The number of nitro groups is 1. The minimum Gasteiger partial charge on any atom is -0.460 e. The van der Waals surface area contributed by atoms with Crippen LogP contribution in [0.3, 0.4) is 0 Å². The van der Waals surface area contributed by atoms with Crippen molar-refractivity contribution in [2.75, 3.05) is 6.61 Å². The van der Waals surface area contributed by atoms with Gasteiger partial charge in [-0.05, 0) is 35.8 Å². The number of rotatable bonds is 4. The molecule has 116 valence electrons. The molecule has 0 spiro atoms. The first-order chi connectivity index (χ1) is 10.3. The number of aryl methyl sites for hydroxylation is 1. The summed E-state index contributed by atoms with van der Waals surface area (Å²) in [5, 5.41) is 15.1. The Morgan fingerprint density at radius 2 is 2.23 bits per heavy atom. The van der Waals surface area contributed by atoms with E-state index in [1.54, 1.807) is 6.92 Å². The number of halogens is 2. The molecule has 0 aliphatic heterocycles. The zero-order chi connectivity index (χ0) is 16.4. The second kappa shape index (κ2) is 6.18. The zero-order valence-corrected chi connectivity index (χ0v) is 13.1. The van der Waals surface area contributed by atoms with E-state index in [1.807, 2.05) is 0 Å². The Hall–Kier alpha value is -2.36. The number of hydrogen-bond acceptors (Lipinski definition) is 6. The second-order valence-corrected chi connectivity index (χ2v) is 4.98. The van der Waals surface area contributed by atoms with Crippen LogP contribution >= 0.6 is 15.9 Å². The molecule has 0 atom stereocenters. The van der Waals surface area contributed by atoms with E-state index in [1.165, 1.54) is 6.92 Å². The maximum absolute atomic E-state index is 13.5. The molecule has 0 unspecified atom stereocenters. The standard InChI is InChI=1S/C12H10BrFN4O4/c1-3-22-12(19)11-15-6(2)16-17(11)9-4-7(13)8(14)5-10(9)18(20)21/h4-5H,3H2,1-2H3. The van der Waals surface area contributed by atoms with Crippen molar-refractivity contribution in [3.63, 3.8) is 0 Å². The Morgan fingerprint density at radius 3 is 2.82 bits per heavy atom. The molecule has 10 heteroatoms. The van der Waals surface area contributed by atoms with Gasteiger partial charge in [-0.15, -0.1) is 0 Å². The Morgan fingerprint density at radius 1 is 1.55 bits per heavy atom. The van der Waals surface area contributed by atoms with Crippen LogP contribution in [0.4, 0.5) is 10.1 Å². The van der Waals surface area contributed by atoms with Crippen LogP contribution in [0.25, 0.3) is 5.69 Å². The SMILES string of the molecule is CCOC(=O)c1nc(C)nn1-c1cc(Br)c(F)cc1[N+](=O)[O-]. The highest BCUT2D eigenvalue weighted by molar-refractivity contribution is 9.10. The number of hydrogen-bond donors (Lipinski definition) is 0. The number of benzene rings is 1. The van der Waals surface area contributed by atoms with E-state index < -0.39 is 22.4 Å². The normalized spacial score (nSPS) is 10.5. The third-order valence-corrected chi connectivity index (χ3v) is 3.22. The monoisotopic (exact) mass is 372 g/mol. The zero-order valence-electron chi connectivity index (χ0n) is 11.5. The Kier molecular flexibility index (Phi) is 4.50. The maximum Gasteiger partial charge on any atom is 0.376 e. The van der Waals surface area contributed by atoms with E-state index in [0.29, 0.717) is 0 Å². The van der Waals surface area contributed by atoms with Crippen LogP contribution < -0.4 is 0 Å². The third kappa shape index (κ3) is 2.96. The van der Waals surface area contributed by atoms with Gasteiger partial charge in [0.25, 0.3) is 5.69 Å². The minimum atomic E-state index is -0.801. The molecule has 0 N–H and O–H groups in total. The van der Waals surface area contributed by atoms with E-state index >= 15 is 0 Å². The van der Waals surface area contributed by atoms with Gasteiger partial charge >= 0.3 is 5.97 Å². The number of nitro benzene ring substituents is 1. The molecule has 0 fully saturated rings. The topological polar surface area (TPSA) is 100 Å². The fourth-order valence-corrected chi connectivity index (χ4v) is 2.08. The van der Waals surface area contributed by atoms with Crippen LogP contribution in [0.5, 0.6) is 0 Å². The molecule has 8 nitrogen and oxygen atoms in total. The summed E-state index contributed by atoms with van der Waals surface area (Å²) in [4.78, 5) is 26.1. The van der Waals surface area contributed by atoms with Crippen LogP contribution in [0, 0.1) is 22.9 Å². The summed E-state index contributed by atoms with van der Waals surface area (Å²) >= 11 is 2.95. The van der Waals surface area contributed by atoms with Crippen molar-refractivity contribution in [2.45, 2.75) is 13.8 Å². The van der Waals surface area contributed by atoms with Crippen LogP contribution in [0.2, 0.25) is 0 Å². The molecule has 2 rings (SSSR count). The third-order valence-electron chi connectivity index (χ3n) is 2.61. The van der Waals surface area contributed by atoms with Gasteiger partial charge in [0.2, 0.25) is 5.82 Å².